The van der Waals surface area contributed by atoms with E-state index in [1.165, 1.54) is 23.9 Å². The van der Waals surface area contributed by atoms with Crippen molar-refractivity contribution in [3.63, 3.8) is 0 Å². The molecular weight excluding hydrogens is 331 g/mol. The number of alkyl halides is 3. The van der Waals surface area contributed by atoms with Crippen molar-refractivity contribution in [3.8, 4) is 0 Å². The molecule has 4 nitrogen and oxygen atoms in total. The standard InChI is InChI=1S/C12H9ClF3NO3S/c1-21-7-4-20-10(18)5-2-3-6(13)9(8(5)7)17-11(19)12(14,15)16/h2-3,7H,4H2,1H3,(H,17,19). The third-order valence-electron chi connectivity index (χ3n) is 2.88. The molecule has 1 aromatic carbocycles. The molecule has 0 aliphatic carbocycles. The fourth-order valence-electron chi connectivity index (χ4n) is 1.92. The van der Waals surface area contributed by atoms with Crippen molar-refractivity contribution in [2.24, 2.45) is 0 Å². The average molecular weight is 340 g/mol. The molecule has 1 heterocycles. The van der Waals surface area contributed by atoms with Crippen LogP contribution in [-0.2, 0) is 9.53 Å². The van der Waals surface area contributed by atoms with Crippen LogP contribution in [0.2, 0.25) is 5.02 Å². The van der Waals surface area contributed by atoms with Crippen LogP contribution >= 0.6 is 23.4 Å². The second-order valence-electron chi connectivity index (χ2n) is 4.16. The molecule has 2 rings (SSSR count). The highest BCUT2D eigenvalue weighted by atomic mass is 35.5. The second-order valence-corrected chi connectivity index (χ2v) is 5.61. The van der Waals surface area contributed by atoms with Gasteiger partial charge >= 0.3 is 18.1 Å². The molecule has 1 aliphatic heterocycles. The number of fused-ring (bicyclic) bond motifs is 1. The predicted octanol–water partition coefficient (Wildman–Crippen LogP) is 3.42. The summed E-state index contributed by atoms with van der Waals surface area (Å²) < 4.78 is 42.1. The van der Waals surface area contributed by atoms with E-state index < -0.39 is 23.3 Å². The van der Waals surface area contributed by atoms with E-state index in [0.29, 0.717) is 0 Å². The lowest BCUT2D eigenvalue weighted by molar-refractivity contribution is -0.167. The van der Waals surface area contributed by atoms with Crippen LogP contribution in [0.3, 0.4) is 0 Å². The normalized spacial score (nSPS) is 18.0. The maximum atomic E-state index is 12.4. The number of halogens is 4. The van der Waals surface area contributed by atoms with Gasteiger partial charge in [-0.3, -0.25) is 4.79 Å². The number of cyclic esters (lactones) is 1. The fourth-order valence-corrected chi connectivity index (χ4v) is 2.81. The van der Waals surface area contributed by atoms with Crippen LogP contribution in [0.1, 0.15) is 21.2 Å². The highest BCUT2D eigenvalue weighted by Gasteiger charge is 2.40. The molecule has 1 amide bonds. The van der Waals surface area contributed by atoms with Crippen molar-refractivity contribution in [1.82, 2.24) is 0 Å². The summed E-state index contributed by atoms with van der Waals surface area (Å²) in [6, 6.07) is 2.61. The van der Waals surface area contributed by atoms with Crippen LogP contribution in [0.15, 0.2) is 12.1 Å². The van der Waals surface area contributed by atoms with Crippen molar-refractivity contribution >= 4 is 40.9 Å². The van der Waals surface area contributed by atoms with E-state index in [1.807, 2.05) is 0 Å². The lowest BCUT2D eigenvalue weighted by atomic mass is 10.00. The number of amides is 1. The number of rotatable bonds is 2. The van der Waals surface area contributed by atoms with Gasteiger partial charge in [0.1, 0.15) is 6.61 Å². The maximum absolute atomic E-state index is 12.4. The number of carbonyl (C=O) groups excluding carboxylic acids is 2. The number of esters is 1. The zero-order valence-electron chi connectivity index (χ0n) is 10.6. The number of thioether (sulfide) groups is 1. The zero-order valence-corrected chi connectivity index (χ0v) is 12.2. The topological polar surface area (TPSA) is 55.4 Å². The van der Waals surface area contributed by atoms with Crippen molar-refractivity contribution < 1.29 is 27.5 Å². The number of ether oxygens (including phenoxy) is 1. The van der Waals surface area contributed by atoms with E-state index in [-0.39, 0.29) is 28.4 Å². The number of benzene rings is 1. The van der Waals surface area contributed by atoms with Gasteiger partial charge in [0.15, 0.2) is 0 Å². The Labute approximate surface area is 127 Å². The first-order valence-electron chi connectivity index (χ1n) is 5.66. The molecule has 0 radical (unpaired) electrons. The average Bonchev–Trinajstić information content (AvgIpc) is 2.41. The van der Waals surface area contributed by atoms with Crippen molar-refractivity contribution in [2.45, 2.75) is 11.4 Å². The minimum atomic E-state index is -5.05. The smallest absolute Gasteiger partial charge is 0.461 e. The number of anilines is 1. The molecule has 1 unspecified atom stereocenters. The Morgan fingerprint density at radius 2 is 2.14 bits per heavy atom. The van der Waals surface area contributed by atoms with Crippen molar-refractivity contribution in [1.29, 1.82) is 0 Å². The van der Waals surface area contributed by atoms with E-state index in [1.54, 1.807) is 11.6 Å². The summed E-state index contributed by atoms with van der Waals surface area (Å²) >= 11 is 7.16. The molecule has 1 N–H and O–H groups in total. The molecule has 0 aromatic heterocycles. The Hall–Kier alpha value is -1.41. The van der Waals surface area contributed by atoms with Gasteiger partial charge in [-0.1, -0.05) is 11.6 Å². The first-order chi connectivity index (χ1) is 9.75. The molecule has 21 heavy (non-hydrogen) atoms. The van der Waals surface area contributed by atoms with E-state index in [0.717, 1.165) is 0 Å². The Kier molecular flexibility index (Phi) is 4.38. The van der Waals surface area contributed by atoms with Gasteiger partial charge in [0.2, 0.25) is 0 Å². The fraction of sp³-hybridized carbons (Fsp3) is 0.333. The number of nitrogens with one attached hydrogen (secondary N) is 1. The summed E-state index contributed by atoms with van der Waals surface area (Å²) in [5.74, 6) is -2.80. The number of hydrogen-bond donors (Lipinski definition) is 1. The van der Waals surface area contributed by atoms with Crippen LogP contribution in [0, 0.1) is 0 Å². The zero-order chi connectivity index (χ0) is 15.8. The monoisotopic (exact) mass is 339 g/mol. The molecular formula is C12H9ClF3NO3S. The maximum Gasteiger partial charge on any atom is 0.471 e. The van der Waals surface area contributed by atoms with E-state index in [9.17, 15) is 22.8 Å². The van der Waals surface area contributed by atoms with E-state index in [2.05, 4.69) is 0 Å². The second kappa shape index (κ2) is 5.76. The third-order valence-corrected chi connectivity index (χ3v) is 4.14. The Morgan fingerprint density at radius 3 is 2.71 bits per heavy atom. The molecule has 1 atom stereocenters. The molecule has 0 saturated heterocycles. The van der Waals surface area contributed by atoms with E-state index >= 15 is 0 Å². The van der Waals surface area contributed by atoms with Crippen LogP contribution in [-0.4, -0.2) is 30.9 Å². The Bertz CT molecular complexity index is 606. The highest BCUT2D eigenvalue weighted by molar-refractivity contribution is 7.98. The Balaban J connectivity index is 2.53. The molecule has 0 bridgehead atoms. The first kappa shape index (κ1) is 16.0. The quantitative estimate of drug-likeness (QED) is 0.839. The van der Waals surface area contributed by atoms with Gasteiger partial charge in [-0.25, -0.2) is 4.79 Å². The van der Waals surface area contributed by atoms with E-state index in [4.69, 9.17) is 16.3 Å². The minimum Gasteiger partial charge on any atom is -0.461 e. The SMILES string of the molecule is CSC1COC(=O)c2ccc(Cl)c(NC(=O)C(F)(F)F)c21. The summed E-state index contributed by atoms with van der Waals surface area (Å²) in [6.45, 7) is 0.00221. The Morgan fingerprint density at radius 1 is 1.48 bits per heavy atom. The van der Waals surface area contributed by atoms with Gasteiger partial charge in [-0.15, -0.1) is 0 Å². The molecule has 1 aromatic rings. The summed E-state index contributed by atoms with van der Waals surface area (Å²) in [4.78, 5) is 22.8. The van der Waals surface area contributed by atoms with Gasteiger partial charge in [0, 0.05) is 5.56 Å². The summed E-state index contributed by atoms with van der Waals surface area (Å²) in [7, 11) is 0. The lowest BCUT2D eigenvalue weighted by Crippen LogP contribution is -2.31. The van der Waals surface area contributed by atoms with Gasteiger partial charge in [-0.2, -0.15) is 24.9 Å². The van der Waals surface area contributed by atoms with Crippen LogP contribution in [0.4, 0.5) is 18.9 Å². The molecule has 114 valence electrons. The van der Waals surface area contributed by atoms with Gasteiger partial charge in [0.25, 0.3) is 0 Å². The lowest BCUT2D eigenvalue weighted by Gasteiger charge is -2.26. The number of carbonyl (C=O) groups is 2. The molecule has 1 aliphatic rings. The van der Waals surface area contributed by atoms with Crippen molar-refractivity contribution in [2.75, 3.05) is 18.2 Å². The molecule has 0 spiro atoms. The van der Waals surface area contributed by atoms with Crippen LogP contribution in [0.5, 0.6) is 0 Å². The van der Waals surface area contributed by atoms with Crippen molar-refractivity contribution in [3.05, 3.63) is 28.3 Å². The third kappa shape index (κ3) is 3.11. The van der Waals surface area contributed by atoms with Crippen LogP contribution in [0.25, 0.3) is 0 Å². The van der Waals surface area contributed by atoms with Crippen LogP contribution < -0.4 is 5.32 Å². The summed E-state index contributed by atoms with van der Waals surface area (Å²) in [5.41, 5.74) is 0.152. The highest BCUT2D eigenvalue weighted by Crippen LogP contribution is 2.42. The number of hydrogen-bond acceptors (Lipinski definition) is 4. The molecule has 0 saturated carbocycles. The van der Waals surface area contributed by atoms with Gasteiger partial charge in [-0.05, 0) is 18.4 Å². The summed E-state index contributed by atoms with van der Waals surface area (Å²) in [5, 5.41) is 1.27. The molecule has 9 heteroatoms. The summed E-state index contributed by atoms with van der Waals surface area (Å²) in [6.07, 6.45) is -3.33. The largest absolute Gasteiger partial charge is 0.471 e. The first-order valence-corrected chi connectivity index (χ1v) is 7.32. The van der Waals surface area contributed by atoms with Gasteiger partial charge in [0.05, 0.1) is 21.5 Å². The molecule has 0 fully saturated rings. The van der Waals surface area contributed by atoms with Gasteiger partial charge < -0.3 is 10.1 Å². The minimum absolute atomic E-state index is 0.00221. The predicted molar refractivity (Wildman–Crippen MR) is 72.7 cm³/mol.